The van der Waals surface area contributed by atoms with Crippen molar-refractivity contribution in [1.82, 2.24) is 5.48 Å². The fourth-order valence-electron chi connectivity index (χ4n) is 2.84. The van der Waals surface area contributed by atoms with Crippen molar-refractivity contribution < 1.29 is 24.2 Å². The van der Waals surface area contributed by atoms with Crippen LogP contribution in [0.5, 0.6) is 0 Å². The molecule has 0 aliphatic carbocycles. The number of aliphatic carboxylic acids is 1. The highest BCUT2D eigenvalue weighted by molar-refractivity contribution is 5.75. The molecule has 1 aliphatic rings. The van der Waals surface area contributed by atoms with Crippen molar-refractivity contribution in [2.45, 2.75) is 52.2 Å². The van der Waals surface area contributed by atoms with Crippen LogP contribution in [0, 0.1) is 19.8 Å². The molecule has 0 amide bonds. The van der Waals surface area contributed by atoms with Crippen molar-refractivity contribution in [3.05, 3.63) is 41.5 Å². The molecule has 1 aromatic rings. The van der Waals surface area contributed by atoms with E-state index < -0.39 is 11.8 Å². The van der Waals surface area contributed by atoms with E-state index in [2.05, 4.69) is 38.0 Å². The normalized spacial score (nSPS) is 22.4. The van der Waals surface area contributed by atoms with Gasteiger partial charge in [-0.05, 0) is 49.4 Å². The number of benzene rings is 1. The molecule has 0 bridgehead atoms. The van der Waals surface area contributed by atoms with Crippen LogP contribution in [0.4, 0.5) is 0 Å². The number of rotatable bonds is 10. The number of carboxylic acid groups (broad SMARTS) is 1. The van der Waals surface area contributed by atoms with Gasteiger partial charge in [0.15, 0.2) is 0 Å². The molecule has 1 fully saturated rings. The van der Waals surface area contributed by atoms with Crippen molar-refractivity contribution >= 4 is 11.7 Å². The molecule has 2 N–H and O–H groups in total. The molecule has 0 radical (unpaired) electrons. The van der Waals surface area contributed by atoms with E-state index in [-0.39, 0.29) is 5.92 Å². The number of aryl methyl sites for hydroxylation is 2. The lowest BCUT2D eigenvalue weighted by Crippen LogP contribution is -2.47. The number of hydrogen-bond acceptors (Lipinski definition) is 5. The van der Waals surface area contributed by atoms with Crippen LogP contribution in [0.3, 0.4) is 0 Å². The quantitative estimate of drug-likeness (QED) is 0.477. The minimum atomic E-state index is -1.49. The summed E-state index contributed by atoms with van der Waals surface area (Å²) in [5, 5.41) is 9.04. The molecule has 150 valence electrons. The fourth-order valence-corrected chi connectivity index (χ4v) is 2.84. The van der Waals surface area contributed by atoms with Gasteiger partial charge in [0.2, 0.25) is 0 Å². The van der Waals surface area contributed by atoms with Gasteiger partial charge in [-0.25, -0.2) is 4.79 Å². The van der Waals surface area contributed by atoms with Gasteiger partial charge in [0.05, 0.1) is 25.5 Å². The van der Waals surface area contributed by atoms with Crippen LogP contribution in [0.15, 0.2) is 24.8 Å². The zero-order chi connectivity index (χ0) is 19.9. The number of unbranched alkanes of at least 4 members (excludes halogenated alkanes) is 2. The van der Waals surface area contributed by atoms with E-state index in [1.54, 1.807) is 0 Å². The maximum absolute atomic E-state index is 11.0. The topological polar surface area (TPSA) is 77.0 Å². The Hall–Kier alpha value is -1.89. The number of hydrogen-bond donors (Lipinski definition) is 2. The molecule has 0 saturated carbocycles. The lowest BCUT2D eigenvalue weighted by Gasteiger charge is -2.34. The second-order valence-electron chi connectivity index (χ2n) is 7.32. The summed E-state index contributed by atoms with van der Waals surface area (Å²) >= 11 is 0. The molecule has 1 aliphatic heterocycles. The molecule has 27 heavy (non-hydrogen) atoms. The van der Waals surface area contributed by atoms with Crippen molar-refractivity contribution in [3.63, 3.8) is 0 Å². The number of hydroxylamine groups is 1. The van der Waals surface area contributed by atoms with Gasteiger partial charge in [-0.2, -0.15) is 0 Å². The first kappa shape index (κ1) is 21.4. The van der Waals surface area contributed by atoms with Gasteiger partial charge >= 0.3 is 5.97 Å². The van der Waals surface area contributed by atoms with Crippen molar-refractivity contribution in [2.75, 3.05) is 19.8 Å². The molecular weight excluding hydrogens is 346 g/mol. The first-order valence-corrected chi connectivity index (χ1v) is 9.47. The molecule has 2 rings (SSSR count). The van der Waals surface area contributed by atoms with E-state index in [4.69, 9.17) is 19.4 Å². The van der Waals surface area contributed by atoms with E-state index in [1.165, 1.54) is 18.1 Å². The Balaban J connectivity index is 1.53. The molecule has 6 heteroatoms. The highest BCUT2D eigenvalue weighted by Crippen LogP contribution is 2.24. The largest absolute Gasteiger partial charge is 0.477 e. The van der Waals surface area contributed by atoms with Crippen molar-refractivity contribution in [1.29, 1.82) is 0 Å². The molecular formula is C21H31NO5. The second-order valence-corrected chi connectivity index (χ2v) is 7.32. The number of nitrogens with one attached hydrogen (secondary N) is 1. The summed E-state index contributed by atoms with van der Waals surface area (Å²) in [6.07, 6.45) is 3.96. The van der Waals surface area contributed by atoms with E-state index in [1.807, 2.05) is 6.07 Å². The van der Waals surface area contributed by atoms with Crippen LogP contribution in [0.1, 0.15) is 49.3 Å². The Morgan fingerprint density at radius 3 is 2.59 bits per heavy atom. The standard InChI is InChI=1S/C21H31NO5/c1-15-9-10-19(12-16(15)2)17(3)22-27-11-7-5-6-8-18-13-25-21(4,20(23)24)26-14-18/h9-10,12,18,22H,3,5-8,11,13-14H2,1-2,4H3,(H,23,24). The minimum absolute atomic E-state index is 0.251. The van der Waals surface area contributed by atoms with Crippen LogP contribution >= 0.6 is 0 Å². The Morgan fingerprint density at radius 1 is 1.26 bits per heavy atom. The third-order valence-corrected chi connectivity index (χ3v) is 4.99. The van der Waals surface area contributed by atoms with Crippen LogP contribution in [-0.4, -0.2) is 36.7 Å². The Bertz CT molecular complexity index is 650. The highest BCUT2D eigenvalue weighted by atomic mass is 16.7. The first-order valence-electron chi connectivity index (χ1n) is 9.47. The molecule has 0 unspecified atom stereocenters. The van der Waals surface area contributed by atoms with Crippen LogP contribution in [0.25, 0.3) is 5.70 Å². The molecule has 1 aromatic carbocycles. The van der Waals surface area contributed by atoms with Gasteiger partial charge in [-0.15, -0.1) is 0 Å². The van der Waals surface area contributed by atoms with Gasteiger partial charge in [0, 0.05) is 12.8 Å². The summed E-state index contributed by atoms with van der Waals surface area (Å²) in [4.78, 5) is 16.5. The van der Waals surface area contributed by atoms with Gasteiger partial charge in [-0.1, -0.05) is 31.6 Å². The molecule has 6 nitrogen and oxygen atoms in total. The number of ether oxygens (including phenoxy) is 2. The highest BCUT2D eigenvalue weighted by Gasteiger charge is 2.40. The SMILES string of the molecule is C=C(NOCCCCCC1COC(C)(C(=O)O)OC1)c1ccc(C)c(C)c1. The summed E-state index contributed by atoms with van der Waals surface area (Å²) < 4.78 is 10.7. The summed E-state index contributed by atoms with van der Waals surface area (Å²) in [7, 11) is 0. The van der Waals surface area contributed by atoms with Crippen molar-refractivity contribution in [3.8, 4) is 0 Å². The van der Waals surface area contributed by atoms with Crippen LogP contribution in [-0.2, 0) is 19.1 Å². The maximum Gasteiger partial charge on any atom is 0.364 e. The fraction of sp³-hybridized carbons (Fsp3) is 0.571. The van der Waals surface area contributed by atoms with Crippen molar-refractivity contribution in [2.24, 2.45) is 5.92 Å². The third-order valence-electron chi connectivity index (χ3n) is 4.99. The molecule has 0 spiro atoms. The first-order chi connectivity index (χ1) is 12.8. The van der Waals surface area contributed by atoms with E-state index in [0.29, 0.717) is 19.8 Å². The van der Waals surface area contributed by atoms with E-state index >= 15 is 0 Å². The predicted molar refractivity (Wildman–Crippen MR) is 104 cm³/mol. The number of carbonyl (C=O) groups is 1. The molecule has 0 atom stereocenters. The van der Waals surface area contributed by atoms with E-state index in [9.17, 15) is 4.79 Å². The molecule has 0 aromatic heterocycles. The maximum atomic E-state index is 11.0. The second kappa shape index (κ2) is 9.88. The van der Waals surface area contributed by atoms with Gasteiger partial charge in [0.25, 0.3) is 5.79 Å². The Labute approximate surface area is 161 Å². The summed E-state index contributed by atoms with van der Waals surface area (Å²) in [6, 6.07) is 6.21. The lowest BCUT2D eigenvalue weighted by atomic mass is 10.0. The zero-order valence-corrected chi connectivity index (χ0v) is 16.5. The molecule has 1 heterocycles. The van der Waals surface area contributed by atoms with Crippen LogP contribution in [0.2, 0.25) is 0 Å². The molecule has 1 saturated heterocycles. The third kappa shape index (κ3) is 6.34. The summed E-state index contributed by atoms with van der Waals surface area (Å²) in [5.74, 6) is -2.32. The minimum Gasteiger partial charge on any atom is -0.477 e. The van der Waals surface area contributed by atoms with Gasteiger partial charge in [0.1, 0.15) is 0 Å². The van der Waals surface area contributed by atoms with Gasteiger partial charge in [-0.3, -0.25) is 10.3 Å². The zero-order valence-electron chi connectivity index (χ0n) is 16.5. The Morgan fingerprint density at radius 2 is 1.96 bits per heavy atom. The summed E-state index contributed by atoms with van der Waals surface area (Å²) in [5.41, 5.74) is 7.20. The predicted octanol–water partition coefficient (Wildman–Crippen LogP) is 3.82. The smallest absolute Gasteiger partial charge is 0.364 e. The number of carboxylic acids is 1. The summed E-state index contributed by atoms with van der Waals surface area (Å²) in [6.45, 7) is 11.1. The average molecular weight is 377 g/mol. The van der Waals surface area contributed by atoms with Crippen LogP contribution < -0.4 is 5.48 Å². The van der Waals surface area contributed by atoms with Gasteiger partial charge < -0.3 is 14.6 Å². The van der Waals surface area contributed by atoms with E-state index in [0.717, 1.165) is 36.9 Å². The monoisotopic (exact) mass is 377 g/mol. The lowest BCUT2D eigenvalue weighted by molar-refractivity contribution is -0.271. The Kier molecular flexibility index (Phi) is 7.83. The average Bonchev–Trinajstić information content (AvgIpc) is 2.64.